The number of nitrogens with zero attached hydrogens (tertiary/aromatic N) is 2. The van der Waals surface area contributed by atoms with Gasteiger partial charge >= 0.3 is 0 Å². The summed E-state index contributed by atoms with van der Waals surface area (Å²) >= 11 is 0. The van der Waals surface area contributed by atoms with E-state index in [0.717, 1.165) is 5.56 Å². The summed E-state index contributed by atoms with van der Waals surface area (Å²) in [5, 5.41) is 6.97. The number of aromatic nitrogens is 1. The van der Waals surface area contributed by atoms with Crippen LogP contribution in [0, 0.1) is 5.92 Å². The van der Waals surface area contributed by atoms with Gasteiger partial charge in [0.25, 0.3) is 5.91 Å². The van der Waals surface area contributed by atoms with Gasteiger partial charge in [0.15, 0.2) is 5.78 Å². The summed E-state index contributed by atoms with van der Waals surface area (Å²) in [5.74, 6) is 0.463. The van der Waals surface area contributed by atoms with Crippen molar-refractivity contribution in [2.75, 3.05) is 5.43 Å². The zero-order chi connectivity index (χ0) is 19.1. The van der Waals surface area contributed by atoms with Gasteiger partial charge in [0.1, 0.15) is 5.82 Å². The van der Waals surface area contributed by atoms with Gasteiger partial charge < -0.3 is 5.32 Å². The van der Waals surface area contributed by atoms with Crippen molar-refractivity contribution in [3.8, 4) is 0 Å². The van der Waals surface area contributed by atoms with Crippen LogP contribution in [0.4, 0.5) is 5.82 Å². The minimum Gasteiger partial charge on any atom is -0.350 e. The van der Waals surface area contributed by atoms with Crippen molar-refractivity contribution in [1.29, 1.82) is 0 Å². The van der Waals surface area contributed by atoms with Gasteiger partial charge in [0.2, 0.25) is 0 Å². The van der Waals surface area contributed by atoms with E-state index in [-0.39, 0.29) is 23.7 Å². The molecule has 0 aliphatic carbocycles. The highest BCUT2D eigenvalue weighted by molar-refractivity contribution is 5.97. The fourth-order valence-electron chi connectivity index (χ4n) is 2.18. The van der Waals surface area contributed by atoms with E-state index in [9.17, 15) is 9.59 Å². The van der Waals surface area contributed by atoms with E-state index in [4.69, 9.17) is 0 Å². The molecule has 26 heavy (non-hydrogen) atoms. The number of anilines is 1. The van der Waals surface area contributed by atoms with Gasteiger partial charge in [0.05, 0.1) is 6.21 Å². The Morgan fingerprint density at radius 2 is 1.65 bits per heavy atom. The van der Waals surface area contributed by atoms with Crippen LogP contribution in [-0.4, -0.2) is 28.9 Å². The third kappa shape index (κ3) is 5.51. The molecule has 0 aliphatic heterocycles. The second kappa shape index (κ2) is 8.89. The van der Waals surface area contributed by atoms with E-state index in [1.54, 1.807) is 36.7 Å². The number of Topliss-reactive ketones (excluding diaryl/α,β-unsaturated/α-hetero) is 1. The Labute approximate surface area is 153 Å². The Balaban J connectivity index is 1.94. The molecule has 0 saturated carbocycles. The first-order valence-electron chi connectivity index (χ1n) is 8.57. The van der Waals surface area contributed by atoms with E-state index in [1.165, 1.54) is 0 Å². The number of hydrogen-bond acceptors (Lipinski definition) is 5. The Morgan fingerprint density at radius 3 is 2.19 bits per heavy atom. The molecule has 0 saturated heterocycles. The molecule has 0 spiro atoms. The molecule has 1 aromatic heterocycles. The molecule has 6 nitrogen and oxygen atoms in total. The predicted molar refractivity (Wildman–Crippen MR) is 104 cm³/mol. The highest BCUT2D eigenvalue weighted by Gasteiger charge is 2.10. The van der Waals surface area contributed by atoms with E-state index >= 15 is 0 Å². The molecular weight excluding hydrogens is 328 g/mol. The quantitative estimate of drug-likeness (QED) is 0.454. The van der Waals surface area contributed by atoms with Crippen molar-refractivity contribution in [3.05, 3.63) is 59.3 Å². The summed E-state index contributed by atoms with van der Waals surface area (Å²) in [4.78, 5) is 27.9. The van der Waals surface area contributed by atoms with Crippen molar-refractivity contribution in [2.24, 2.45) is 11.0 Å². The molecule has 2 aromatic rings. The highest BCUT2D eigenvalue weighted by Crippen LogP contribution is 2.10. The third-order valence-corrected chi connectivity index (χ3v) is 3.56. The zero-order valence-corrected chi connectivity index (χ0v) is 15.5. The molecule has 0 atom stereocenters. The van der Waals surface area contributed by atoms with Crippen LogP contribution in [0.2, 0.25) is 0 Å². The SMILES string of the molecule is CC(C)NC(=O)c1ccc(/C=N/Nc2ccc(C(=O)C(C)C)cn2)cc1. The number of benzene rings is 1. The van der Waals surface area contributed by atoms with E-state index in [1.807, 2.05) is 39.8 Å². The van der Waals surface area contributed by atoms with Gasteiger partial charge in [0, 0.05) is 29.3 Å². The van der Waals surface area contributed by atoms with Crippen LogP contribution >= 0.6 is 0 Å². The maximum atomic E-state index is 11.9. The van der Waals surface area contributed by atoms with E-state index < -0.39 is 0 Å². The Bertz CT molecular complexity index is 778. The molecule has 0 radical (unpaired) electrons. The van der Waals surface area contributed by atoms with Gasteiger partial charge in [-0.1, -0.05) is 26.0 Å². The van der Waals surface area contributed by atoms with Crippen molar-refractivity contribution in [1.82, 2.24) is 10.3 Å². The molecule has 2 rings (SSSR count). The highest BCUT2D eigenvalue weighted by atomic mass is 16.1. The Morgan fingerprint density at radius 1 is 1.00 bits per heavy atom. The van der Waals surface area contributed by atoms with E-state index in [2.05, 4.69) is 20.8 Å². The van der Waals surface area contributed by atoms with Gasteiger partial charge in [-0.25, -0.2) is 4.98 Å². The number of amides is 1. The van der Waals surface area contributed by atoms with Crippen LogP contribution in [0.5, 0.6) is 0 Å². The number of carbonyl (C=O) groups excluding carboxylic acids is 2. The molecule has 0 unspecified atom stereocenters. The van der Waals surface area contributed by atoms with Crippen molar-refractivity contribution in [3.63, 3.8) is 0 Å². The largest absolute Gasteiger partial charge is 0.350 e. The zero-order valence-electron chi connectivity index (χ0n) is 15.5. The molecule has 0 fully saturated rings. The van der Waals surface area contributed by atoms with Crippen molar-refractivity contribution < 1.29 is 9.59 Å². The topological polar surface area (TPSA) is 83.5 Å². The molecule has 0 bridgehead atoms. The maximum Gasteiger partial charge on any atom is 0.251 e. The summed E-state index contributed by atoms with van der Waals surface area (Å²) in [6.07, 6.45) is 3.18. The number of hydrazone groups is 1. The fraction of sp³-hybridized carbons (Fsp3) is 0.300. The van der Waals surface area contributed by atoms with Crippen LogP contribution in [0.25, 0.3) is 0 Å². The van der Waals surface area contributed by atoms with Crippen molar-refractivity contribution >= 4 is 23.7 Å². The lowest BCUT2D eigenvalue weighted by atomic mass is 10.0. The summed E-state index contributed by atoms with van der Waals surface area (Å²) < 4.78 is 0. The number of hydrogen-bond donors (Lipinski definition) is 2. The summed E-state index contributed by atoms with van der Waals surface area (Å²) in [7, 11) is 0. The average molecular weight is 352 g/mol. The molecule has 1 heterocycles. The Hall–Kier alpha value is -3.02. The summed E-state index contributed by atoms with van der Waals surface area (Å²) in [5.41, 5.74) is 4.87. The number of ketones is 1. The molecule has 1 aromatic carbocycles. The molecule has 2 N–H and O–H groups in total. The lowest BCUT2D eigenvalue weighted by molar-refractivity contribution is 0.0933. The second-order valence-corrected chi connectivity index (χ2v) is 6.57. The first-order chi connectivity index (χ1) is 12.4. The average Bonchev–Trinajstić information content (AvgIpc) is 2.61. The maximum absolute atomic E-state index is 11.9. The van der Waals surface area contributed by atoms with Crippen LogP contribution < -0.4 is 10.7 Å². The minimum absolute atomic E-state index is 0.0563. The van der Waals surface area contributed by atoms with Gasteiger partial charge in [-0.2, -0.15) is 5.10 Å². The normalized spacial score (nSPS) is 11.2. The standard InChI is InChI=1S/C20H24N4O2/c1-13(2)19(25)17-9-10-18(21-12-17)24-22-11-15-5-7-16(8-6-15)20(26)23-14(3)4/h5-14H,1-4H3,(H,21,24)(H,23,26)/b22-11+. The molecule has 6 heteroatoms. The summed E-state index contributed by atoms with van der Waals surface area (Å²) in [6.45, 7) is 7.56. The monoisotopic (exact) mass is 352 g/mol. The van der Waals surface area contributed by atoms with Crippen LogP contribution in [0.3, 0.4) is 0 Å². The Kier molecular flexibility index (Phi) is 6.60. The van der Waals surface area contributed by atoms with Crippen LogP contribution in [-0.2, 0) is 0 Å². The van der Waals surface area contributed by atoms with Crippen molar-refractivity contribution in [2.45, 2.75) is 33.7 Å². The van der Waals surface area contributed by atoms with Gasteiger partial charge in [-0.05, 0) is 43.7 Å². The summed E-state index contributed by atoms with van der Waals surface area (Å²) in [6, 6.07) is 10.7. The first kappa shape index (κ1) is 19.3. The van der Waals surface area contributed by atoms with Crippen LogP contribution in [0.1, 0.15) is 54.0 Å². The number of nitrogens with one attached hydrogen (secondary N) is 2. The fourth-order valence-corrected chi connectivity index (χ4v) is 2.18. The lowest BCUT2D eigenvalue weighted by Crippen LogP contribution is -2.29. The lowest BCUT2D eigenvalue weighted by Gasteiger charge is -2.08. The third-order valence-electron chi connectivity index (χ3n) is 3.56. The molecule has 136 valence electrons. The molecular formula is C20H24N4O2. The predicted octanol–water partition coefficient (Wildman–Crippen LogP) is 3.50. The smallest absolute Gasteiger partial charge is 0.251 e. The molecule has 1 amide bonds. The molecule has 0 aliphatic rings. The number of rotatable bonds is 7. The number of pyridine rings is 1. The van der Waals surface area contributed by atoms with Crippen LogP contribution in [0.15, 0.2) is 47.7 Å². The minimum atomic E-state index is -0.0955. The number of carbonyl (C=O) groups is 2. The van der Waals surface area contributed by atoms with Gasteiger partial charge in [-0.3, -0.25) is 15.0 Å². The van der Waals surface area contributed by atoms with Gasteiger partial charge in [-0.15, -0.1) is 0 Å². The first-order valence-corrected chi connectivity index (χ1v) is 8.57. The van der Waals surface area contributed by atoms with E-state index in [0.29, 0.717) is 16.9 Å². The second-order valence-electron chi connectivity index (χ2n) is 6.57.